The van der Waals surface area contributed by atoms with E-state index in [1.54, 1.807) is 25.1 Å². The van der Waals surface area contributed by atoms with E-state index in [2.05, 4.69) is 15.2 Å². The average Bonchev–Trinajstić information content (AvgIpc) is 2.64. The molecule has 2 aromatic rings. The first kappa shape index (κ1) is 19.6. The normalized spacial score (nSPS) is 11.9. The number of carbonyl (C=O) groups excluding carboxylic acids is 1. The lowest BCUT2D eigenvalue weighted by Crippen LogP contribution is -2.25. The van der Waals surface area contributed by atoms with Gasteiger partial charge in [0.25, 0.3) is 5.91 Å². The Kier molecular flexibility index (Phi) is 6.48. The minimum Gasteiger partial charge on any atom is -0.484 e. The van der Waals surface area contributed by atoms with Crippen molar-refractivity contribution in [3.05, 3.63) is 59.7 Å². The molecule has 7 nitrogen and oxygen atoms in total. The minimum atomic E-state index is -3.48. The number of carbonyl (C=O) groups is 1. The summed E-state index contributed by atoms with van der Waals surface area (Å²) in [6, 6.07) is 13.6. The zero-order chi connectivity index (χ0) is 19.2. The van der Waals surface area contributed by atoms with Gasteiger partial charge < -0.3 is 4.74 Å². The summed E-state index contributed by atoms with van der Waals surface area (Å²) in [5, 5.41) is 4.01. The van der Waals surface area contributed by atoms with Crippen LogP contribution in [0.2, 0.25) is 0 Å². The number of hydrazone groups is 1. The molecule has 0 bridgehead atoms. The molecule has 26 heavy (non-hydrogen) atoms. The third kappa shape index (κ3) is 5.40. The van der Waals surface area contributed by atoms with E-state index in [0.717, 1.165) is 5.56 Å². The number of hydrogen-bond donors (Lipinski definition) is 2. The molecule has 0 fully saturated rings. The van der Waals surface area contributed by atoms with Crippen molar-refractivity contribution in [3.63, 3.8) is 0 Å². The fourth-order valence-corrected chi connectivity index (χ4v) is 2.82. The molecule has 138 valence electrons. The highest BCUT2D eigenvalue weighted by atomic mass is 32.2. The number of sulfonamides is 1. The first-order valence-electron chi connectivity index (χ1n) is 7.88. The number of aryl methyl sites for hydroxylation is 1. The molecule has 2 rings (SSSR count). The predicted octanol–water partition coefficient (Wildman–Crippen LogP) is 1.82. The largest absolute Gasteiger partial charge is 0.484 e. The van der Waals surface area contributed by atoms with Crippen LogP contribution in [0.5, 0.6) is 5.75 Å². The van der Waals surface area contributed by atoms with E-state index in [0.29, 0.717) is 17.0 Å². The summed E-state index contributed by atoms with van der Waals surface area (Å²) >= 11 is 0. The second-order valence-electron chi connectivity index (χ2n) is 5.57. The smallest absolute Gasteiger partial charge is 0.277 e. The van der Waals surface area contributed by atoms with Crippen LogP contribution in [0.1, 0.15) is 18.1 Å². The summed E-state index contributed by atoms with van der Waals surface area (Å²) in [4.78, 5) is 12.0. The van der Waals surface area contributed by atoms with Crippen LogP contribution >= 0.6 is 0 Å². The van der Waals surface area contributed by atoms with Gasteiger partial charge in [-0.15, -0.1) is 0 Å². The second-order valence-corrected chi connectivity index (χ2v) is 7.46. The molecule has 0 atom stereocenters. The molecule has 0 spiro atoms. The maximum atomic E-state index is 11.8. The van der Waals surface area contributed by atoms with Crippen LogP contribution < -0.4 is 14.9 Å². The summed E-state index contributed by atoms with van der Waals surface area (Å²) in [6.45, 7) is 3.50. The van der Waals surface area contributed by atoms with Crippen LogP contribution in [0, 0.1) is 6.92 Å². The summed E-state index contributed by atoms with van der Waals surface area (Å²) in [5.41, 5.74) is 4.70. The molecular formula is C18H21N3O4S. The van der Waals surface area contributed by atoms with E-state index in [4.69, 9.17) is 4.74 Å². The number of benzene rings is 2. The number of rotatable bonds is 7. The number of amides is 1. The quantitative estimate of drug-likeness (QED) is 0.570. The Bertz CT molecular complexity index is 906. The van der Waals surface area contributed by atoms with E-state index in [1.807, 2.05) is 25.1 Å². The Hall–Kier alpha value is -2.71. The van der Waals surface area contributed by atoms with Gasteiger partial charge in [0, 0.05) is 0 Å². The average molecular weight is 375 g/mol. The van der Waals surface area contributed by atoms with Crippen LogP contribution in [0.25, 0.3) is 0 Å². The Morgan fingerprint density at radius 3 is 2.46 bits per heavy atom. The zero-order valence-corrected chi connectivity index (χ0v) is 15.6. The van der Waals surface area contributed by atoms with Crippen molar-refractivity contribution >= 4 is 21.6 Å². The summed E-state index contributed by atoms with van der Waals surface area (Å²) in [7, 11) is -2.13. The van der Waals surface area contributed by atoms with Crippen LogP contribution in [0.15, 0.2) is 58.5 Å². The lowest BCUT2D eigenvalue weighted by atomic mass is 10.1. The Labute approximate surface area is 153 Å². The monoisotopic (exact) mass is 375 g/mol. The molecule has 0 aliphatic carbocycles. The third-order valence-electron chi connectivity index (χ3n) is 3.56. The van der Waals surface area contributed by atoms with Crippen molar-refractivity contribution in [2.24, 2.45) is 5.10 Å². The Morgan fingerprint density at radius 2 is 1.85 bits per heavy atom. The van der Waals surface area contributed by atoms with E-state index in [1.165, 1.54) is 19.2 Å². The van der Waals surface area contributed by atoms with Crippen molar-refractivity contribution in [1.82, 2.24) is 10.1 Å². The molecule has 0 aliphatic heterocycles. The van der Waals surface area contributed by atoms with Crippen LogP contribution in [-0.2, 0) is 14.8 Å². The molecular weight excluding hydrogens is 354 g/mol. The zero-order valence-electron chi connectivity index (χ0n) is 14.8. The molecule has 1 amide bonds. The fraction of sp³-hybridized carbons (Fsp3) is 0.222. The van der Waals surface area contributed by atoms with Crippen LogP contribution in [-0.4, -0.2) is 33.7 Å². The van der Waals surface area contributed by atoms with Gasteiger partial charge in [-0.1, -0.05) is 24.3 Å². The van der Waals surface area contributed by atoms with Gasteiger partial charge in [0.2, 0.25) is 10.0 Å². The van der Waals surface area contributed by atoms with Crippen molar-refractivity contribution in [2.45, 2.75) is 18.7 Å². The standard InChI is InChI=1S/C18H21N3O4S/c1-13-5-4-6-16(11-13)25-12-18(22)21-20-14(2)15-7-9-17(10-8-15)26(23,24)19-3/h4-11,19H,12H2,1-3H3,(H,21,22)/b20-14-. The number of ether oxygens (including phenoxy) is 1. The van der Waals surface area contributed by atoms with Crippen LogP contribution in [0.3, 0.4) is 0 Å². The Balaban J connectivity index is 1.93. The SMILES string of the molecule is CNS(=O)(=O)c1ccc(/C(C)=N\NC(=O)COc2cccc(C)c2)cc1. The molecule has 8 heteroatoms. The molecule has 0 saturated heterocycles. The van der Waals surface area contributed by atoms with Gasteiger partial charge >= 0.3 is 0 Å². The van der Waals surface area contributed by atoms with Gasteiger partial charge in [0.15, 0.2) is 6.61 Å². The van der Waals surface area contributed by atoms with Crippen molar-refractivity contribution in [2.75, 3.05) is 13.7 Å². The molecule has 2 aromatic carbocycles. The summed E-state index contributed by atoms with van der Waals surface area (Å²) in [6.07, 6.45) is 0. The molecule has 0 aliphatic rings. The van der Waals surface area contributed by atoms with E-state index >= 15 is 0 Å². The predicted molar refractivity (Wildman–Crippen MR) is 99.7 cm³/mol. The highest BCUT2D eigenvalue weighted by Gasteiger charge is 2.11. The summed E-state index contributed by atoms with van der Waals surface area (Å²) < 4.78 is 31.0. The molecule has 0 unspecified atom stereocenters. The third-order valence-corrected chi connectivity index (χ3v) is 4.99. The van der Waals surface area contributed by atoms with Crippen molar-refractivity contribution < 1.29 is 17.9 Å². The molecule has 0 heterocycles. The minimum absolute atomic E-state index is 0.153. The van der Waals surface area contributed by atoms with Gasteiger partial charge in [-0.05, 0) is 56.3 Å². The lowest BCUT2D eigenvalue weighted by molar-refractivity contribution is -0.123. The number of nitrogens with one attached hydrogen (secondary N) is 2. The van der Waals surface area contributed by atoms with Gasteiger partial charge in [-0.25, -0.2) is 18.6 Å². The van der Waals surface area contributed by atoms with E-state index < -0.39 is 10.0 Å². The summed E-state index contributed by atoms with van der Waals surface area (Å²) in [5.74, 6) is 0.224. The maximum Gasteiger partial charge on any atom is 0.277 e. The van der Waals surface area contributed by atoms with Crippen LogP contribution in [0.4, 0.5) is 0 Å². The van der Waals surface area contributed by atoms with Gasteiger partial charge in [-0.3, -0.25) is 4.79 Å². The molecule has 2 N–H and O–H groups in total. The second kappa shape index (κ2) is 8.59. The topological polar surface area (TPSA) is 96.9 Å². The maximum absolute atomic E-state index is 11.8. The Morgan fingerprint density at radius 1 is 1.15 bits per heavy atom. The number of nitrogens with zero attached hydrogens (tertiary/aromatic N) is 1. The van der Waals surface area contributed by atoms with E-state index in [9.17, 15) is 13.2 Å². The van der Waals surface area contributed by atoms with Crippen molar-refractivity contribution in [3.8, 4) is 5.75 Å². The fourth-order valence-electron chi connectivity index (χ4n) is 2.09. The molecule has 0 aromatic heterocycles. The number of hydrogen-bond acceptors (Lipinski definition) is 5. The van der Waals surface area contributed by atoms with Gasteiger partial charge in [0.05, 0.1) is 10.6 Å². The molecule has 0 saturated carbocycles. The molecule has 0 radical (unpaired) electrons. The first-order chi connectivity index (χ1) is 12.3. The van der Waals surface area contributed by atoms with Gasteiger partial charge in [-0.2, -0.15) is 5.10 Å². The first-order valence-corrected chi connectivity index (χ1v) is 9.37. The highest BCUT2D eigenvalue weighted by Crippen LogP contribution is 2.12. The van der Waals surface area contributed by atoms with Crippen molar-refractivity contribution in [1.29, 1.82) is 0 Å². The van der Waals surface area contributed by atoms with E-state index in [-0.39, 0.29) is 17.4 Å². The van der Waals surface area contributed by atoms with Gasteiger partial charge in [0.1, 0.15) is 5.75 Å². The highest BCUT2D eigenvalue weighted by molar-refractivity contribution is 7.89. The lowest BCUT2D eigenvalue weighted by Gasteiger charge is -2.07.